The number of nitro groups is 1. The average Bonchev–Trinajstić information content (AvgIpc) is 2.86. The van der Waals surface area contributed by atoms with Crippen LogP contribution < -0.4 is 5.43 Å². The van der Waals surface area contributed by atoms with Crippen LogP contribution in [0.4, 0.5) is 5.69 Å². The zero-order chi connectivity index (χ0) is 16.2. The lowest BCUT2D eigenvalue weighted by atomic mass is 10.2. The maximum atomic E-state index is 11.9. The van der Waals surface area contributed by atoms with E-state index in [0.717, 1.165) is 11.5 Å². The normalized spacial score (nSPS) is 16.8. The van der Waals surface area contributed by atoms with Gasteiger partial charge in [0.15, 0.2) is 0 Å². The van der Waals surface area contributed by atoms with E-state index in [9.17, 15) is 14.9 Å². The summed E-state index contributed by atoms with van der Waals surface area (Å²) in [6, 6.07) is 4.36. The minimum Gasteiger partial charge on any atom is -0.273 e. The number of carbonyl (C=O) groups excluding carboxylic acids is 1. The van der Waals surface area contributed by atoms with E-state index in [-0.39, 0.29) is 15.7 Å². The molecule has 9 heteroatoms. The first-order valence-electron chi connectivity index (χ1n) is 6.43. The third-order valence-corrected chi connectivity index (χ3v) is 6.95. The highest BCUT2D eigenvalue weighted by Gasteiger charge is 2.32. The van der Waals surface area contributed by atoms with Crippen molar-refractivity contribution in [2.24, 2.45) is 5.10 Å². The number of hydrogen-bond acceptors (Lipinski definition) is 6. The largest absolute Gasteiger partial charge is 0.273 e. The molecule has 0 bridgehead atoms. The molecule has 0 unspecified atom stereocenters. The topological polar surface area (TPSA) is 84.6 Å². The highest BCUT2D eigenvalue weighted by molar-refractivity contribution is 9.10. The smallest absolute Gasteiger partial charge is 0.270 e. The molecule has 0 radical (unpaired) electrons. The van der Waals surface area contributed by atoms with Crippen LogP contribution in [0.1, 0.15) is 18.9 Å². The molecule has 1 fully saturated rings. The van der Waals surface area contributed by atoms with E-state index in [4.69, 9.17) is 0 Å². The molecule has 1 aromatic rings. The van der Waals surface area contributed by atoms with Crippen LogP contribution in [0, 0.1) is 10.1 Å². The highest BCUT2D eigenvalue weighted by Crippen LogP contribution is 2.45. The van der Waals surface area contributed by atoms with E-state index in [2.05, 4.69) is 33.4 Å². The number of halogens is 1. The van der Waals surface area contributed by atoms with Crippen LogP contribution in [-0.4, -0.2) is 32.6 Å². The quantitative estimate of drug-likeness (QED) is 0.462. The molecule has 1 saturated heterocycles. The molecular formula is C13H14BrN3O3S2. The van der Waals surface area contributed by atoms with Crippen LogP contribution >= 0.6 is 39.5 Å². The maximum Gasteiger partial charge on any atom is 0.270 e. The zero-order valence-corrected chi connectivity index (χ0v) is 15.0. The minimum atomic E-state index is -0.467. The molecule has 0 saturated carbocycles. The number of nitrogens with zero attached hydrogens (tertiary/aromatic N) is 2. The Bertz CT molecular complexity index is 619. The summed E-state index contributed by atoms with van der Waals surface area (Å²) in [6.45, 7) is 2.06. The van der Waals surface area contributed by atoms with Gasteiger partial charge < -0.3 is 0 Å². The number of non-ortho nitro benzene ring substituents is 1. The number of nitro benzene ring substituents is 1. The number of nitrogens with one attached hydrogen (secondary N) is 1. The second-order valence-corrected chi connectivity index (χ2v) is 9.07. The molecule has 1 aromatic carbocycles. The van der Waals surface area contributed by atoms with Crippen molar-refractivity contribution in [3.05, 3.63) is 38.3 Å². The number of carbonyl (C=O) groups is 1. The average molecular weight is 404 g/mol. The van der Waals surface area contributed by atoms with Gasteiger partial charge in [-0.15, -0.1) is 23.5 Å². The van der Waals surface area contributed by atoms with Gasteiger partial charge in [-0.25, -0.2) is 5.43 Å². The maximum absolute atomic E-state index is 11.9. The van der Waals surface area contributed by atoms with E-state index in [1.54, 1.807) is 29.6 Å². The van der Waals surface area contributed by atoms with Crippen molar-refractivity contribution in [1.82, 2.24) is 5.43 Å². The minimum absolute atomic E-state index is 0.00346. The predicted octanol–water partition coefficient (Wildman–Crippen LogP) is 3.39. The van der Waals surface area contributed by atoms with E-state index >= 15 is 0 Å². The van der Waals surface area contributed by atoms with Gasteiger partial charge in [-0.3, -0.25) is 14.9 Å². The SMILES string of the molecule is CC1(CC(=O)N/N=C\c2ccc([N+](=O)[O-])cc2Br)SCCS1. The summed E-state index contributed by atoms with van der Waals surface area (Å²) >= 11 is 6.82. The van der Waals surface area contributed by atoms with E-state index in [0.29, 0.717) is 16.5 Å². The van der Waals surface area contributed by atoms with Crippen LogP contribution in [0.5, 0.6) is 0 Å². The molecule has 0 atom stereocenters. The first-order chi connectivity index (χ1) is 10.4. The third-order valence-electron chi connectivity index (χ3n) is 2.97. The van der Waals surface area contributed by atoms with E-state index in [1.165, 1.54) is 18.3 Å². The lowest BCUT2D eigenvalue weighted by Crippen LogP contribution is -2.26. The number of hydrazone groups is 1. The van der Waals surface area contributed by atoms with Crippen LogP contribution in [0.3, 0.4) is 0 Å². The molecule has 1 amide bonds. The Morgan fingerprint density at radius 3 is 2.82 bits per heavy atom. The fourth-order valence-electron chi connectivity index (χ4n) is 1.90. The summed E-state index contributed by atoms with van der Waals surface area (Å²) in [7, 11) is 0. The summed E-state index contributed by atoms with van der Waals surface area (Å²) in [5.74, 6) is 1.99. The fraction of sp³-hybridized carbons (Fsp3) is 0.385. The number of amides is 1. The van der Waals surface area contributed by atoms with Crippen molar-refractivity contribution in [1.29, 1.82) is 0 Å². The molecule has 22 heavy (non-hydrogen) atoms. The standard InChI is InChI=1S/C13H14BrN3O3S2/c1-13(21-4-5-22-13)7-12(18)16-15-8-9-2-3-10(17(19)20)6-11(9)14/h2-3,6,8H,4-5,7H2,1H3,(H,16,18)/b15-8-. The second kappa shape index (κ2) is 7.47. The Morgan fingerprint density at radius 2 is 2.23 bits per heavy atom. The Morgan fingerprint density at radius 1 is 1.55 bits per heavy atom. The lowest BCUT2D eigenvalue weighted by molar-refractivity contribution is -0.384. The molecule has 118 valence electrons. The van der Waals surface area contributed by atoms with Crippen molar-refractivity contribution >= 4 is 57.3 Å². The van der Waals surface area contributed by atoms with Crippen molar-refractivity contribution in [2.75, 3.05) is 11.5 Å². The van der Waals surface area contributed by atoms with Gasteiger partial charge in [-0.1, -0.05) is 0 Å². The zero-order valence-electron chi connectivity index (χ0n) is 11.7. The molecule has 1 heterocycles. The van der Waals surface area contributed by atoms with Gasteiger partial charge in [0.25, 0.3) is 5.69 Å². The van der Waals surface area contributed by atoms with Crippen molar-refractivity contribution < 1.29 is 9.72 Å². The van der Waals surface area contributed by atoms with Gasteiger partial charge in [0.05, 0.1) is 21.6 Å². The Kier molecular flexibility index (Phi) is 5.87. The number of hydrogen-bond donors (Lipinski definition) is 1. The van der Waals surface area contributed by atoms with Crippen LogP contribution in [0.25, 0.3) is 0 Å². The van der Waals surface area contributed by atoms with Gasteiger partial charge >= 0.3 is 0 Å². The number of benzene rings is 1. The molecule has 1 aliphatic rings. The fourth-order valence-corrected chi connectivity index (χ4v) is 5.20. The van der Waals surface area contributed by atoms with Gasteiger partial charge in [0, 0.05) is 33.7 Å². The molecule has 1 aliphatic heterocycles. The van der Waals surface area contributed by atoms with Crippen molar-refractivity contribution in [3.8, 4) is 0 Å². The summed E-state index contributed by atoms with van der Waals surface area (Å²) in [6.07, 6.45) is 1.87. The van der Waals surface area contributed by atoms with Crippen LogP contribution in [0.2, 0.25) is 0 Å². The summed E-state index contributed by atoms with van der Waals surface area (Å²) in [5.41, 5.74) is 3.15. The number of thioether (sulfide) groups is 2. The third kappa shape index (κ3) is 4.72. The number of rotatable bonds is 5. The monoisotopic (exact) mass is 403 g/mol. The first-order valence-corrected chi connectivity index (χ1v) is 9.20. The van der Waals surface area contributed by atoms with Crippen LogP contribution in [-0.2, 0) is 4.79 Å². The molecule has 0 aromatic heterocycles. The molecule has 0 spiro atoms. The first kappa shape index (κ1) is 17.3. The van der Waals surface area contributed by atoms with Crippen LogP contribution in [0.15, 0.2) is 27.8 Å². The van der Waals surface area contributed by atoms with Gasteiger partial charge in [-0.05, 0) is 28.9 Å². The predicted molar refractivity (Wildman–Crippen MR) is 94.5 cm³/mol. The van der Waals surface area contributed by atoms with Gasteiger partial charge in [0.1, 0.15) is 0 Å². The summed E-state index contributed by atoms with van der Waals surface area (Å²) in [4.78, 5) is 22.1. The summed E-state index contributed by atoms with van der Waals surface area (Å²) in [5, 5.41) is 14.6. The van der Waals surface area contributed by atoms with E-state index in [1.807, 2.05) is 0 Å². The van der Waals surface area contributed by atoms with Gasteiger partial charge in [0.2, 0.25) is 5.91 Å². The highest BCUT2D eigenvalue weighted by atomic mass is 79.9. The van der Waals surface area contributed by atoms with Gasteiger partial charge in [-0.2, -0.15) is 5.10 Å². The molecular weight excluding hydrogens is 390 g/mol. The lowest BCUT2D eigenvalue weighted by Gasteiger charge is -2.19. The van der Waals surface area contributed by atoms with E-state index < -0.39 is 4.92 Å². The van der Waals surface area contributed by atoms with Crippen molar-refractivity contribution in [2.45, 2.75) is 17.4 Å². The van der Waals surface area contributed by atoms with Crippen molar-refractivity contribution in [3.63, 3.8) is 0 Å². The Balaban J connectivity index is 1.92. The molecule has 1 N–H and O–H groups in total. The molecule has 0 aliphatic carbocycles. The Labute approximate surface area is 144 Å². The molecule has 6 nitrogen and oxygen atoms in total. The Hall–Kier alpha value is -1.06. The second-order valence-electron chi connectivity index (χ2n) is 4.76. The molecule has 2 rings (SSSR count). The summed E-state index contributed by atoms with van der Waals surface area (Å²) < 4.78 is 0.474.